The predicted molar refractivity (Wildman–Crippen MR) is 74.6 cm³/mol. The number of hydrogen-bond acceptors (Lipinski definition) is 2. The molecule has 1 aromatic rings. The van der Waals surface area contributed by atoms with Crippen molar-refractivity contribution >= 4 is 17.2 Å². The maximum absolute atomic E-state index is 5.71. The lowest BCUT2D eigenvalue weighted by Gasteiger charge is -2.16. The van der Waals surface area contributed by atoms with Crippen LogP contribution in [-0.4, -0.2) is 11.6 Å². The van der Waals surface area contributed by atoms with E-state index in [1.165, 1.54) is 36.8 Å². The SMILES string of the molecule is NC(=S)CCCOc1ccc2c(c1)CCCC2. The fraction of sp³-hybridized carbons (Fsp3) is 0.500. The van der Waals surface area contributed by atoms with Crippen molar-refractivity contribution < 1.29 is 4.74 Å². The highest BCUT2D eigenvalue weighted by Crippen LogP contribution is 2.25. The average molecular weight is 249 g/mol. The van der Waals surface area contributed by atoms with Gasteiger partial charge >= 0.3 is 0 Å². The molecule has 0 aliphatic heterocycles. The van der Waals surface area contributed by atoms with Gasteiger partial charge in [0.15, 0.2) is 0 Å². The number of nitrogens with two attached hydrogens (primary N) is 1. The monoisotopic (exact) mass is 249 g/mol. The molecule has 0 bridgehead atoms. The van der Waals surface area contributed by atoms with Crippen molar-refractivity contribution in [3.05, 3.63) is 29.3 Å². The van der Waals surface area contributed by atoms with Crippen LogP contribution in [0, 0.1) is 0 Å². The van der Waals surface area contributed by atoms with Crippen molar-refractivity contribution in [3.8, 4) is 5.75 Å². The topological polar surface area (TPSA) is 35.2 Å². The Hall–Kier alpha value is -1.09. The molecule has 1 aliphatic rings. The van der Waals surface area contributed by atoms with Gasteiger partial charge in [0.25, 0.3) is 0 Å². The average Bonchev–Trinajstić information content (AvgIpc) is 2.34. The maximum Gasteiger partial charge on any atom is 0.119 e. The molecule has 2 nitrogen and oxygen atoms in total. The quantitative estimate of drug-likeness (QED) is 0.643. The molecular formula is C14H19NOS. The van der Waals surface area contributed by atoms with Gasteiger partial charge < -0.3 is 10.5 Å². The van der Waals surface area contributed by atoms with Gasteiger partial charge in [-0.15, -0.1) is 0 Å². The van der Waals surface area contributed by atoms with Gasteiger partial charge in [-0.25, -0.2) is 0 Å². The van der Waals surface area contributed by atoms with Gasteiger partial charge in [0, 0.05) is 6.42 Å². The Labute approximate surface area is 108 Å². The maximum atomic E-state index is 5.71. The summed E-state index contributed by atoms with van der Waals surface area (Å²) in [6.07, 6.45) is 6.70. The minimum absolute atomic E-state index is 0.569. The second-order valence-electron chi connectivity index (χ2n) is 4.56. The van der Waals surface area contributed by atoms with Gasteiger partial charge in [0.2, 0.25) is 0 Å². The minimum Gasteiger partial charge on any atom is -0.494 e. The van der Waals surface area contributed by atoms with Gasteiger partial charge in [-0.2, -0.15) is 0 Å². The van der Waals surface area contributed by atoms with Gasteiger partial charge in [-0.05, 0) is 55.4 Å². The molecule has 0 atom stereocenters. The third-order valence-corrected chi connectivity index (χ3v) is 3.36. The summed E-state index contributed by atoms with van der Waals surface area (Å²) in [6, 6.07) is 6.47. The Morgan fingerprint density at radius 2 is 2.00 bits per heavy atom. The summed E-state index contributed by atoms with van der Waals surface area (Å²) in [6.45, 7) is 0.691. The first kappa shape index (κ1) is 12.4. The number of hydrogen-bond donors (Lipinski definition) is 1. The fourth-order valence-electron chi connectivity index (χ4n) is 2.24. The third kappa shape index (κ3) is 3.70. The first-order valence-electron chi connectivity index (χ1n) is 6.28. The number of ether oxygens (including phenoxy) is 1. The zero-order valence-corrected chi connectivity index (χ0v) is 10.9. The molecule has 92 valence electrons. The van der Waals surface area contributed by atoms with Crippen molar-refractivity contribution in [3.63, 3.8) is 0 Å². The molecule has 0 fully saturated rings. The first-order valence-corrected chi connectivity index (χ1v) is 6.69. The molecule has 2 rings (SSSR count). The molecule has 0 heterocycles. The van der Waals surface area contributed by atoms with E-state index in [0.29, 0.717) is 11.6 Å². The summed E-state index contributed by atoms with van der Waals surface area (Å²) < 4.78 is 5.71. The smallest absolute Gasteiger partial charge is 0.119 e. The standard InChI is InChI=1S/C14H19NOS/c15-14(17)6-3-9-16-13-8-7-11-4-1-2-5-12(11)10-13/h7-8,10H,1-6,9H2,(H2,15,17). The fourth-order valence-corrected chi connectivity index (χ4v) is 2.38. The van der Waals surface area contributed by atoms with Crippen LogP contribution in [0.4, 0.5) is 0 Å². The van der Waals surface area contributed by atoms with Crippen LogP contribution < -0.4 is 10.5 Å². The van der Waals surface area contributed by atoms with Crippen LogP contribution in [0.2, 0.25) is 0 Å². The van der Waals surface area contributed by atoms with E-state index in [1.54, 1.807) is 0 Å². The Morgan fingerprint density at radius 3 is 2.76 bits per heavy atom. The molecule has 0 spiro atoms. The van der Waals surface area contributed by atoms with E-state index in [-0.39, 0.29) is 0 Å². The highest BCUT2D eigenvalue weighted by atomic mass is 32.1. The van der Waals surface area contributed by atoms with E-state index in [4.69, 9.17) is 22.7 Å². The van der Waals surface area contributed by atoms with Crippen LogP contribution in [-0.2, 0) is 12.8 Å². The number of fused-ring (bicyclic) bond motifs is 1. The summed E-state index contributed by atoms with van der Waals surface area (Å²) in [4.78, 5) is 0.569. The largest absolute Gasteiger partial charge is 0.494 e. The van der Waals surface area contributed by atoms with E-state index < -0.39 is 0 Å². The normalized spacial score (nSPS) is 14.1. The second-order valence-corrected chi connectivity index (χ2v) is 5.08. The molecule has 0 saturated heterocycles. The molecule has 2 N–H and O–H groups in total. The zero-order valence-electron chi connectivity index (χ0n) is 10.1. The van der Waals surface area contributed by atoms with Gasteiger partial charge in [0.05, 0.1) is 11.6 Å². The molecular weight excluding hydrogens is 230 g/mol. The van der Waals surface area contributed by atoms with Crippen molar-refractivity contribution in [1.29, 1.82) is 0 Å². The molecule has 0 aromatic heterocycles. The van der Waals surface area contributed by atoms with Crippen molar-refractivity contribution in [1.82, 2.24) is 0 Å². The van der Waals surface area contributed by atoms with E-state index >= 15 is 0 Å². The third-order valence-electron chi connectivity index (χ3n) is 3.16. The first-order chi connectivity index (χ1) is 8.25. The van der Waals surface area contributed by atoms with Crippen LogP contribution in [0.15, 0.2) is 18.2 Å². The molecule has 0 amide bonds. The number of thiocarbonyl (C=S) groups is 1. The lowest BCUT2D eigenvalue weighted by molar-refractivity contribution is 0.313. The highest BCUT2D eigenvalue weighted by Gasteiger charge is 2.09. The Bertz CT molecular complexity index is 403. The number of rotatable bonds is 5. The second kappa shape index (κ2) is 6.01. The molecule has 0 saturated carbocycles. The van der Waals surface area contributed by atoms with E-state index in [9.17, 15) is 0 Å². The summed E-state index contributed by atoms with van der Waals surface area (Å²) in [5, 5.41) is 0. The van der Waals surface area contributed by atoms with Gasteiger partial charge in [0.1, 0.15) is 5.75 Å². The number of aryl methyl sites for hydroxylation is 2. The van der Waals surface area contributed by atoms with Crippen molar-refractivity contribution in [2.75, 3.05) is 6.61 Å². The molecule has 1 aromatic carbocycles. The van der Waals surface area contributed by atoms with Crippen LogP contribution in [0.25, 0.3) is 0 Å². The molecule has 17 heavy (non-hydrogen) atoms. The van der Waals surface area contributed by atoms with Gasteiger partial charge in [-0.1, -0.05) is 18.3 Å². The zero-order chi connectivity index (χ0) is 12.1. The van der Waals surface area contributed by atoms with Crippen LogP contribution in [0.5, 0.6) is 5.75 Å². The summed E-state index contributed by atoms with van der Waals surface area (Å²) in [5.74, 6) is 0.980. The Balaban J connectivity index is 1.86. The van der Waals surface area contributed by atoms with E-state index in [0.717, 1.165) is 18.6 Å². The Kier molecular flexibility index (Phi) is 4.37. The number of benzene rings is 1. The molecule has 0 unspecified atom stereocenters. The van der Waals surface area contributed by atoms with Crippen LogP contribution in [0.3, 0.4) is 0 Å². The molecule has 0 radical (unpaired) electrons. The lowest BCUT2D eigenvalue weighted by Crippen LogP contribution is -2.10. The van der Waals surface area contributed by atoms with E-state index in [1.807, 2.05) is 0 Å². The lowest BCUT2D eigenvalue weighted by atomic mass is 9.92. The summed E-state index contributed by atoms with van der Waals surface area (Å²) in [7, 11) is 0. The van der Waals surface area contributed by atoms with Crippen molar-refractivity contribution in [2.45, 2.75) is 38.5 Å². The summed E-state index contributed by atoms with van der Waals surface area (Å²) >= 11 is 4.83. The Morgan fingerprint density at radius 1 is 1.24 bits per heavy atom. The van der Waals surface area contributed by atoms with E-state index in [2.05, 4.69) is 18.2 Å². The van der Waals surface area contributed by atoms with Crippen molar-refractivity contribution in [2.24, 2.45) is 5.73 Å². The van der Waals surface area contributed by atoms with Gasteiger partial charge in [-0.3, -0.25) is 0 Å². The minimum atomic E-state index is 0.569. The van der Waals surface area contributed by atoms with Crippen LogP contribution >= 0.6 is 12.2 Å². The predicted octanol–water partition coefficient (Wildman–Crippen LogP) is 3.01. The highest BCUT2D eigenvalue weighted by molar-refractivity contribution is 7.80. The molecule has 3 heteroatoms. The molecule has 1 aliphatic carbocycles. The summed E-state index contributed by atoms with van der Waals surface area (Å²) in [5.41, 5.74) is 8.39. The van der Waals surface area contributed by atoms with Crippen LogP contribution in [0.1, 0.15) is 36.8 Å².